The number of allylic oxidation sites excluding steroid dienone is 1. The van der Waals surface area contributed by atoms with Crippen molar-refractivity contribution in [1.82, 2.24) is 4.48 Å². The fourth-order valence-electron chi connectivity index (χ4n) is 5.08. The SMILES string of the molecule is C=CB(C=C)n1c(-c2ccccc2)cc(-c2ccccc2)c1/N=C1\N=C(c2ccccc2)C=C1c1ccccc1. The average Bonchev–Trinajstić information content (AvgIpc) is 3.62. The summed E-state index contributed by atoms with van der Waals surface area (Å²) in [6.45, 7) is 8.09. The number of aromatic nitrogens is 1. The first-order valence-corrected chi connectivity index (χ1v) is 13.4. The van der Waals surface area contributed by atoms with E-state index in [0.717, 1.165) is 50.6 Å². The maximum Gasteiger partial charge on any atom is 0.313 e. The Kier molecular flexibility index (Phi) is 7.06. The third kappa shape index (κ3) is 4.83. The summed E-state index contributed by atoms with van der Waals surface area (Å²) >= 11 is 0. The summed E-state index contributed by atoms with van der Waals surface area (Å²) in [7, 11) is 0. The predicted octanol–water partition coefficient (Wildman–Crippen LogP) is 8.73. The van der Waals surface area contributed by atoms with Crippen molar-refractivity contribution >= 4 is 29.8 Å². The van der Waals surface area contributed by atoms with Crippen LogP contribution in [0.4, 0.5) is 5.82 Å². The van der Waals surface area contributed by atoms with Crippen LogP contribution < -0.4 is 0 Å². The Labute approximate surface area is 236 Å². The molecular formula is C36H28BN3. The van der Waals surface area contributed by atoms with Crippen LogP contribution in [-0.4, -0.2) is 22.9 Å². The van der Waals surface area contributed by atoms with Crippen LogP contribution in [0.2, 0.25) is 0 Å². The van der Waals surface area contributed by atoms with E-state index >= 15 is 0 Å². The fourth-order valence-corrected chi connectivity index (χ4v) is 5.08. The Morgan fingerprint density at radius 2 is 1.12 bits per heavy atom. The molecule has 40 heavy (non-hydrogen) atoms. The molecule has 5 aromatic rings. The van der Waals surface area contributed by atoms with Gasteiger partial charge in [-0.1, -0.05) is 133 Å². The van der Waals surface area contributed by atoms with E-state index in [2.05, 4.69) is 103 Å². The van der Waals surface area contributed by atoms with Crippen molar-refractivity contribution in [3.63, 3.8) is 0 Å². The van der Waals surface area contributed by atoms with Gasteiger partial charge in [-0.25, -0.2) is 9.98 Å². The molecule has 0 fully saturated rings. The van der Waals surface area contributed by atoms with Crippen molar-refractivity contribution in [1.29, 1.82) is 0 Å². The van der Waals surface area contributed by atoms with E-state index in [1.54, 1.807) is 0 Å². The number of hydrogen-bond acceptors (Lipinski definition) is 1. The van der Waals surface area contributed by atoms with E-state index in [0.29, 0.717) is 5.84 Å². The molecular weight excluding hydrogens is 485 g/mol. The molecule has 3 nitrogen and oxygen atoms in total. The molecule has 1 aliphatic rings. The second kappa shape index (κ2) is 11.3. The summed E-state index contributed by atoms with van der Waals surface area (Å²) in [6.07, 6.45) is 2.13. The van der Waals surface area contributed by atoms with Crippen LogP contribution in [0.3, 0.4) is 0 Å². The molecule has 0 atom stereocenters. The number of hydrogen-bond donors (Lipinski definition) is 0. The first-order chi connectivity index (χ1) is 19.8. The molecule has 0 unspecified atom stereocenters. The minimum Gasteiger partial charge on any atom is -0.362 e. The van der Waals surface area contributed by atoms with E-state index in [-0.39, 0.29) is 6.85 Å². The number of amidine groups is 1. The molecule has 4 aromatic carbocycles. The van der Waals surface area contributed by atoms with Crippen LogP contribution >= 0.6 is 0 Å². The molecule has 0 spiro atoms. The molecule has 0 saturated carbocycles. The zero-order valence-corrected chi connectivity index (χ0v) is 22.2. The molecule has 0 saturated heterocycles. The zero-order chi connectivity index (χ0) is 27.3. The average molecular weight is 513 g/mol. The second-order valence-corrected chi connectivity index (χ2v) is 9.55. The van der Waals surface area contributed by atoms with Gasteiger partial charge in [0.15, 0.2) is 5.84 Å². The van der Waals surface area contributed by atoms with E-state index in [4.69, 9.17) is 9.98 Å². The number of rotatable bonds is 8. The Hall–Kier alpha value is -5.22. The third-order valence-corrected chi connectivity index (χ3v) is 7.06. The third-order valence-electron chi connectivity index (χ3n) is 7.06. The second-order valence-electron chi connectivity index (χ2n) is 9.55. The quantitative estimate of drug-likeness (QED) is 0.186. The van der Waals surface area contributed by atoms with Crippen LogP contribution in [0.15, 0.2) is 169 Å². The van der Waals surface area contributed by atoms with Gasteiger partial charge in [-0.3, -0.25) is 0 Å². The minimum atomic E-state index is -0.171. The molecule has 0 N–H and O–H groups in total. The van der Waals surface area contributed by atoms with Crippen molar-refractivity contribution in [2.75, 3.05) is 0 Å². The Bertz CT molecular complexity index is 1740. The maximum absolute atomic E-state index is 5.36. The topological polar surface area (TPSA) is 29.6 Å². The highest BCUT2D eigenvalue weighted by atomic mass is 15.1. The van der Waals surface area contributed by atoms with Crippen molar-refractivity contribution in [3.8, 4) is 22.4 Å². The normalized spacial score (nSPS) is 13.6. The molecule has 4 heteroatoms. The van der Waals surface area contributed by atoms with E-state index < -0.39 is 0 Å². The van der Waals surface area contributed by atoms with Crippen molar-refractivity contribution in [2.45, 2.75) is 0 Å². The monoisotopic (exact) mass is 513 g/mol. The van der Waals surface area contributed by atoms with Gasteiger partial charge >= 0.3 is 6.85 Å². The Balaban J connectivity index is 1.64. The number of aliphatic imine (C=N–C) groups is 2. The smallest absolute Gasteiger partial charge is 0.313 e. The Morgan fingerprint density at radius 1 is 0.625 bits per heavy atom. The fraction of sp³-hybridized carbons (Fsp3) is 0. The summed E-state index contributed by atoms with van der Waals surface area (Å²) in [6, 6.07) is 43.6. The van der Waals surface area contributed by atoms with Crippen LogP contribution in [0.5, 0.6) is 0 Å². The lowest BCUT2D eigenvalue weighted by molar-refractivity contribution is 1.19. The molecule has 2 heterocycles. The van der Waals surface area contributed by atoms with Crippen LogP contribution in [0.1, 0.15) is 11.1 Å². The lowest BCUT2D eigenvalue weighted by Crippen LogP contribution is -2.20. The molecule has 190 valence electrons. The van der Waals surface area contributed by atoms with Gasteiger partial charge in [0.2, 0.25) is 0 Å². The minimum absolute atomic E-state index is 0.171. The molecule has 1 aromatic heterocycles. The van der Waals surface area contributed by atoms with Crippen molar-refractivity contribution < 1.29 is 0 Å². The first kappa shape index (κ1) is 25.1. The van der Waals surface area contributed by atoms with Gasteiger partial charge in [-0.05, 0) is 28.8 Å². The predicted molar refractivity (Wildman–Crippen MR) is 171 cm³/mol. The molecule has 6 rings (SSSR count). The van der Waals surface area contributed by atoms with Crippen molar-refractivity contribution in [2.24, 2.45) is 9.98 Å². The summed E-state index contributed by atoms with van der Waals surface area (Å²) < 4.78 is 2.21. The largest absolute Gasteiger partial charge is 0.362 e. The highest BCUT2D eigenvalue weighted by Crippen LogP contribution is 2.40. The lowest BCUT2D eigenvalue weighted by atomic mass is 9.62. The van der Waals surface area contributed by atoms with Crippen molar-refractivity contribution in [3.05, 3.63) is 170 Å². The van der Waals surface area contributed by atoms with Gasteiger partial charge < -0.3 is 4.48 Å². The summed E-state index contributed by atoms with van der Waals surface area (Å²) in [5, 5.41) is 0. The Morgan fingerprint density at radius 3 is 1.68 bits per heavy atom. The molecule has 0 aliphatic carbocycles. The molecule has 0 radical (unpaired) electrons. The van der Waals surface area contributed by atoms with Gasteiger partial charge in [-0.15, -0.1) is 13.2 Å². The molecule has 1 aliphatic heterocycles. The highest BCUT2D eigenvalue weighted by Gasteiger charge is 2.25. The van der Waals surface area contributed by atoms with E-state index in [1.165, 1.54) is 0 Å². The van der Waals surface area contributed by atoms with Crippen LogP contribution in [-0.2, 0) is 0 Å². The zero-order valence-electron chi connectivity index (χ0n) is 22.2. The van der Waals surface area contributed by atoms with Gasteiger partial charge in [0.05, 0.1) is 5.71 Å². The van der Waals surface area contributed by atoms with E-state index in [9.17, 15) is 0 Å². The van der Waals surface area contributed by atoms with Gasteiger partial charge in [0.25, 0.3) is 0 Å². The summed E-state index contributed by atoms with van der Waals surface area (Å²) in [5.74, 6) is 5.29. The van der Waals surface area contributed by atoms with Gasteiger partial charge in [-0.2, -0.15) is 0 Å². The maximum atomic E-state index is 5.36. The summed E-state index contributed by atoms with van der Waals surface area (Å²) in [4.78, 5) is 10.4. The van der Waals surface area contributed by atoms with Gasteiger partial charge in [0, 0.05) is 22.4 Å². The van der Waals surface area contributed by atoms with Crippen LogP contribution in [0, 0.1) is 0 Å². The van der Waals surface area contributed by atoms with E-state index in [1.807, 2.05) is 60.5 Å². The first-order valence-electron chi connectivity index (χ1n) is 13.4. The summed E-state index contributed by atoms with van der Waals surface area (Å²) in [5.41, 5.74) is 8.25. The standard InChI is InChI=1S/C36H28BN3/c1-3-37(4-2)40-34(30-23-15-8-16-24-30)26-32(28-19-11-6-12-20-28)36(40)39-35-31(27-17-9-5-10-18-27)25-33(38-35)29-21-13-7-14-22-29/h3-26H,1-2H2/b39-35-. The molecule has 0 bridgehead atoms. The highest BCUT2D eigenvalue weighted by molar-refractivity contribution is 6.68. The molecule has 0 amide bonds. The van der Waals surface area contributed by atoms with Crippen LogP contribution in [0.25, 0.3) is 28.0 Å². The number of benzene rings is 4. The van der Waals surface area contributed by atoms with Gasteiger partial charge in [0.1, 0.15) is 5.82 Å². The lowest BCUT2D eigenvalue weighted by Gasteiger charge is -2.16. The number of nitrogens with zero attached hydrogens (tertiary/aromatic N) is 3.